The smallest absolute Gasteiger partial charge is 0.153 e. The Balaban J connectivity index is 2.62. The molecule has 2 unspecified atom stereocenters. The third-order valence-electron chi connectivity index (χ3n) is 2.51. The Kier molecular flexibility index (Phi) is 3.32. The second kappa shape index (κ2) is 3.94. The lowest BCUT2D eigenvalue weighted by Crippen LogP contribution is -2.45. The van der Waals surface area contributed by atoms with Crippen molar-refractivity contribution in [1.82, 2.24) is 4.90 Å². The molecule has 2 atom stereocenters. The van der Waals surface area contributed by atoms with E-state index in [1.54, 1.807) is 0 Å². The van der Waals surface area contributed by atoms with Crippen molar-refractivity contribution >= 4 is 9.84 Å². The number of rotatable bonds is 3. The number of likely N-dealkylation sites (N-methyl/N-ethyl adjacent to an activating group) is 1. The van der Waals surface area contributed by atoms with E-state index in [2.05, 4.69) is 11.8 Å². The van der Waals surface area contributed by atoms with Gasteiger partial charge in [-0.05, 0) is 20.0 Å². The minimum absolute atomic E-state index is 0.0185. The Bertz CT molecular complexity index is 263. The van der Waals surface area contributed by atoms with E-state index >= 15 is 0 Å². The van der Waals surface area contributed by atoms with Crippen molar-refractivity contribution in [2.24, 2.45) is 5.73 Å². The Morgan fingerprint density at radius 1 is 1.46 bits per heavy atom. The largest absolute Gasteiger partial charge is 0.325 e. The maximum atomic E-state index is 11.3. The number of nitrogens with zero attached hydrogens (tertiary/aromatic N) is 1. The Morgan fingerprint density at radius 3 is 2.46 bits per heavy atom. The number of hydrogen-bond acceptors (Lipinski definition) is 4. The van der Waals surface area contributed by atoms with Crippen molar-refractivity contribution in [2.45, 2.75) is 25.4 Å². The van der Waals surface area contributed by atoms with Crippen LogP contribution in [0.15, 0.2) is 0 Å². The molecule has 0 spiro atoms. The average Bonchev–Trinajstić information content (AvgIpc) is 2.25. The van der Waals surface area contributed by atoms with Crippen molar-refractivity contribution in [1.29, 1.82) is 0 Å². The van der Waals surface area contributed by atoms with Crippen LogP contribution in [-0.4, -0.2) is 50.5 Å². The first-order valence-electron chi connectivity index (χ1n) is 4.62. The van der Waals surface area contributed by atoms with Crippen LogP contribution in [0.25, 0.3) is 0 Å². The second-order valence-electron chi connectivity index (χ2n) is 3.79. The van der Waals surface area contributed by atoms with Crippen molar-refractivity contribution in [2.75, 3.05) is 25.1 Å². The van der Waals surface area contributed by atoms with Crippen LogP contribution in [0, 0.1) is 0 Å². The zero-order valence-corrected chi connectivity index (χ0v) is 9.05. The fourth-order valence-electron chi connectivity index (χ4n) is 1.83. The van der Waals surface area contributed by atoms with Crippen LogP contribution >= 0.6 is 0 Å². The summed E-state index contributed by atoms with van der Waals surface area (Å²) < 4.78 is 22.5. The molecule has 0 amide bonds. The summed E-state index contributed by atoms with van der Waals surface area (Å²) in [5.41, 5.74) is 5.76. The molecule has 0 saturated carbocycles. The van der Waals surface area contributed by atoms with Gasteiger partial charge in [0.25, 0.3) is 0 Å². The maximum Gasteiger partial charge on any atom is 0.153 e. The van der Waals surface area contributed by atoms with Gasteiger partial charge in [0.2, 0.25) is 0 Å². The van der Waals surface area contributed by atoms with E-state index in [4.69, 9.17) is 5.73 Å². The van der Waals surface area contributed by atoms with Crippen molar-refractivity contribution in [3.05, 3.63) is 0 Å². The second-order valence-corrected chi connectivity index (χ2v) is 5.94. The first-order chi connectivity index (χ1) is 5.96. The van der Waals surface area contributed by atoms with Crippen molar-refractivity contribution < 1.29 is 8.42 Å². The van der Waals surface area contributed by atoms with Gasteiger partial charge in [0, 0.05) is 12.1 Å². The number of nitrogens with two attached hydrogens (primary N) is 1. The molecule has 4 nitrogen and oxygen atoms in total. The Morgan fingerprint density at radius 2 is 2.08 bits per heavy atom. The van der Waals surface area contributed by atoms with E-state index in [1.165, 1.54) is 0 Å². The van der Waals surface area contributed by atoms with Gasteiger partial charge in [-0.2, -0.15) is 0 Å². The quantitative estimate of drug-likeness (QED) is 0.673. The molecule has 0 bridgehead atoms. The highest BCUT2D eigenvalue weighted by Crippen LogP contribution is 2.15. The topological polar surface area (TPSA) is 63.4 Å². The van der Waals surface area contributed by atoms with Gasteiger partial charge in [-0.15, -0.1) is 0 Å². The van der Waals surface area contributed by atoms with E-state index in [9.17, 15) is 8.42 Å². The highest BCUT2D eigenvalue weighted by atomic mass is 32.2. The van der Waals surface area contributed by atoms with Crippen LogP contribution in [-0.2, 0) is 9.84 Å². The van der Waals surface area contributed by atoms with E-state index in [0.717, 1.165) is 13.0 Å². The fourth-order valence-corrected chi connectivity index (χ4v) is 3.80. The van der Waals surface area contributed by atoms with E-state index < -0.39 is 9.84 Å². The molecule has 0 aromatic heterocycles. The van der Waals surface area contributed by atoms with Crippen molar-refractivity contribution in [3.63, 3.8) is 0 Å². The highest BCUT2D eigenvalue weighted by Gasteiger charge is 2.37. The lowest BCUT2D eigenvalue weighted by molar-refractivity contribution is 0.245. The molecule has 5 heteroatoms. The summed E-state index contributed by atoms with van der Waals surface area (Å²) in [6.07, 6.45) is 1.03. The monoisotopic (exact) mass is 206 g/mol. The van der Waals surface area contributed by atoms with Gasteiger partial charge in [-0.1, -0.05) is 6.92 Å². The summed E-state index contributed by atoms with van der Waals surface area (Å²) in [4.78, 5) is 2.05. The molecule has 2 N–H and O–H groups in total. The van der Waals surface area contributed by atoms with Gasteiger partial charge in [0.1, 0.15) is 0 Å². The zero-order valence-electron chi connectivity index (χ0n) is 8.23. The van der Waals surface area contributed by atoms with Crippen LogP contribution in [0.5, 0.6) is 0 Å². The summed E-state index contributed by atoms with van der Waals surface area (Å²) in [5.74, 6) is 0.371. The predicted molar refractivity (Wildman–Crippen MR) is 53.3 cm³/mol. The number of hydrogen-bond donors (Lipinski definition) is 1. The minimum atomic E-state index is -2.87. The van der Waals surface area contributed by atoms with Crippen LogP contribution in [0.3, 0.4) is 0 Å². The Hall–Kier alpha value is -0.130. The third kappa shape index (κ3) is 2.65. The summed E-state index contributed by atoms with van der Waals surface area (Å²) in [6, 6.07) is -0.188. The fraction of sp³-hybridized carbons (Fsp3) is 1.00. The standard InChI is InChI=1S/C8H18N2O2S/c1-3-4-10(2)8-6-13(11,12)5-7(8)9/h7-8H,3-6,9H2,1-2H3. The molecule has 1 heterocycles. The van der Waals surface area contributed by atoms with Crippen LogP contribution in [0.1, 0.15) is 13.3 Å². The molecule has 1 aliphatic rings. The van der Waals surface area contributed by atoms with Gasteiger partial charge >= 0.3 is 0 Å². The molecule has 1 fully saturated rings. The minimum Gasteiger partial charge on any atom is -0.325 e. The van der Waals surface area contributed by atoms with Crippen LogP contribution < -0.4 is 5.73 Å². The van der Waals surface area contributed by atoms with Gasteiger partial charge in [0.15, 0.2) is 9.84 Å². The maximum absolute atomic E-state index is 11.3. The molecule has 0 aromatic rings. The number of sulfone groups is 1. The SMILES string of the molecule is CCCN(C)C1CS(=O)(=O)CC1N. The molecule has 13 heavy (non-hydrogen) atoms. The predicted octanol–water partition coefficient (Wildman–Crippen LogP) is -0.547. The molecular weight excluding hydrogens is 188 g/mol. The third-order valence-corrected chi connectivity index (χ3v) is 4.25. The summed E-state index contributed by atoms with van der Waals surface area (Å²) in [5, 5.41) is 0. The molecule has 0 radical (unpaired) electrons. The van der Waals surface area contributed by atoms with Gasteiger partial charge in [0.05, 0.1) is 11.5 Å². The first kappa shape index (κ1) is 10.9. The molecule has 1 aliphatic heterocycles. The van der Waals surface area contributed by atoms with Crippen LogP contribution in [0.2, 0.25) is 0 Å². The lowest BCUT2D eigenvalue weighted by Gasteiger charge is -2.25. The highest BCUT2D eigenvalue weighted by molar-refractivity contribution is 7.91. The molecule has 0 aliphatic carbocycles. The summed E-state index contributed by atoms with van der Waals surface area (Å²) >= 11 is 0. The molecule has 78 valence electrons. The van der Waals surface area contributed by atoms with E-state index in [1.807, 2.05) is 7.05 Å². The molecule has 0 aromatic carbocycles. The Labute approximate surface area is 80.0 Å². The van der Waals surface area contributed by atoms with Gasteiger partial charge < -0.3 is 10.6 Å². The normalized spacial score (nSPS) is 32.6. The average molecular weight is 206 g/mol. The summed E-state index contributed by atoms with van der Waals surface area (Å²) in [6.45, 7) is 2.99. The first-order valence-corrected chi connectivity index (χ1v) is 6.44. The lowest BCUT2D eigenvalue weighted by atomic mass is 10.1. The van der Waals surface area contributed by atoms with Gasteiger partial charge in [-0.25, -0.2) is 8.42 Å². The van der Waals surface area contributed by atoms with E-state index in [-0.39, 0.29) is 23.6 Å². The van der Waals surface area contributed by atoms with Crippen molar-refractivity contribution in [3.8, 4) is 0 Å². The molecule has 1 rings (SSSR count). The zero-order chi connectivity index (χ0) is 10.1. The van der Waals surface area contributed by atoms with E-state index in [0.29, 0.717) is 0 Å². The summed E-state index contributed by atoms with van der Waals surface area (Å²) in [7, 11) is -0.935. The molecular formula is C8H18N2O2S. The van der Waals surface area contributed by atoms with Crippen LogP contribution in [0.4, 0.5) is 0 Å². The molecule has 1 saturated heterocycles. The van der Waals surface area contributed by atoms with Gasteiger partial charge in [-0.3, -0.25) is 0 Å².